The Hall–Kier alpha value is -2.74. The molecule has 8 heteroatoms. The predicted molar refractivity (Wildman–Crippen MR) is 101 cm³/mol. The SMILES string of the molecule is CN1C=Nc2cc(Nc3cnccn3)nc(NC3CCC(O)CC3)c2C1. The molecule has 0 atom stereocenters. The van der Waals surface area contributed by atoms with Gasteiger partial charge in [-0.1, -0.05) is 0 Å². The molecule has 3 N–H and O–H groups in total. The van der Waals surface area contributed by atoms with Crippen molar-refractivity contribution in [3.8, 4) is 0 Å². The molecule has 0 unspecified atom stereocenters. The summed E-state index contributed by atoms with van der Waals surface area (Å²) in [7, 11) is 2.00. The van der Waals surface area contributed by atoms with Gasteiger partial charge in [-0.3, -0.25) is 4.98 Å². The van der Waals surface area contributed by atoms with Crippen LogP contribution in [0.5, 0.6) is 0 Å². The summed E-state index contributed by atoms with van der Waals surface area (Å²) in [6.07, 6.45) is 10.1. The van der Waals surface area contributed by atoms with Gasteiger partial charge in [-0.25, -0.2) is 15.0 Å². The van der Waals surface area contributed by atoms with E-state index in [9.17, 15) is 5.11 Å². The van der Waals surface area contributed by atoms with Crippen molar-refractivity contribution in [2.45, 2.75) is 44.4 Å². The minimum atomic E-state index is -0.171. The van der Waals surface area contributed by atoms with E-state index in [1.165, 1.54) is 0 Å². The molecular formula is C18H23N7O. The second kappa shape index (κ2) is 7.25. The molecule has 0 aromatic carbocycles. The Bertz CT molecular complexity index is 788. The molecule has 0 spiro atoms. The number of fused-ring (bicyclic) bond motifs is 1. The average Bonchev–Trinajstić information content (AvgIpc) is 2.65. The Labute approximate surface area is 152 Å². The first-order valence-corrected chi connectivity index (χ1v) is 8.93. The molecular weight excluding hydrogens is 330 g/mol. The number of hydrogen-bond acceptors (Lipinski definition) is 8. The van der Waals surface area contributed by atoms with E-state index in [1.54, 1.807) is 18.6 Å². The Balaban J connectivity index is 1.62. The molecule has 1 saturated carbocycles. The molecule has 4 rings (SSSR count). The second-order valence-electron chi connectivity index (χ2n) is 6.88. The van der Waals surface area contributed by atoms with Gasteiger partial charge in [0.15, 0.2) is 0 Å². The van der Waals surface area contributed by atoms with Crippen molar-refractivity contribution >= 4 is 29.5 Å². The molecule has 2 aliphatic rings. The number of aliphatic imine (C=N–C) groups is 1. The minimum Gasteiger partial charge on any atom is -0.393 e. The molecule has 3 heterocycles. The molecule has 1 fully saturated rings. The fourth-order valence-corrected chi connectivity index (χ4v) is 3.37. The minimum absolute atomic E-state index is 0.171. The summed E-state index contributed by atoms with van der Waals surface area (Å²) < 4.78 is 0. The fourth-order valence-electron chi connectivity index (χ4n) is 3.37. The molecule has 1 aliphatic heterocycles. The first-order valence-electron chi connectivity index (χ1n) is 8.93. The van der Waals surface area contributed by atoms with E-state index in [0.717, 1.165) is 49.3 Å². The van der Waals surface area contributed by atoms with Crippen molar-refractivity contribution < 1.29 is 5.11 Å². The van der Waals surface area contributed by atoms with Crippen LogP contribution in [0.4, 0.5) is 23.1 Å². The van der Waals surface area contributed by atoms with Crippen LogP contribution in [0.25, 0.3) is 0 Å². The zero-order valence-electron chi connectivity index (χ0n) is 14.8. The summed E-state index contributed by atoms with van der Waals surface area (Å²) in [6.45, 7) is 0.759. The maximum absolute atomic E-state index is 9.74. The number of rotatable bonds is 4. The fraction of sp³-hybridized carbons (Fsp3) is 0.444. The first kappa shape index (κ1) is 16.7. The van der Waals surface area contributed by atoms with Gasteiger partial charge in [0.25, 0.3) is 0 Å². The zero-order chi connectivity index (χ0) is 17.9. The maximum Gasteiger partial charge on any atom is 0.150 e. The maximum atomic E-state index is 9.74. The van der Waals surface area contributed by atoms with E-state index in [2.05, 4.69) is 25.6 Å². The molecule has 2 aromatic heterocycles. The van der Waals surface area contributed by atoms with Gasteiger partial charge < -0.3 is 20.6 Å². The van der Waals surface area contributed by atoms with Gasteiger partial charge in [-0.05, 0) is 25.7 Å². The van der Waals surface area contributed by atoms with E-state index in [-0.39, 0.29) is 6.10 Å². The molecule has 0 saturated heterocycles. The molecule has 2 aromatic rings. The van der Waals surface area contributed by atoms with E-state index >= 15 is 0 Å². The van der Waals surface area contributed by atoms with E-state index in [1.807, 2.05) is 24.4 Å². The molecule has 8 nitrogen and oxygen atoms in total. The molecule has 0 bridgehead atoms. The van der Waals surface area contributed by atoms with Gasteiger partial charge in [-0.2, -0.15) is 0 Å². The lowest BCUT2D eigenvalue weighted by Crippen LogP contribution is -2.30. The van der Waals surface area contributed by atoms with Crippen LogP contribution in [0.1, 0.15) is 31.2 Å². The summed E-state index contributed by atoms with van der Waals surface area (Å²) in [5.74, 6) is 2.17. The van der Waals surface area contributed by atoms with Crippen LogP contribution in [0.15, 0.2) is 29.6 Å². The van der Waals surface area contributed by atoms with Crippen LogP contribution >= 0.6 is 0 Å². The van der Waals surface area contributed by atoms with E-state index in [0.29, 0.717) is 17.7 Å². The molecule has 0 amide bonds. The number of nitrogens with one attached hydrogen (secondary N) is 2. The smallest absolute Gasteiger partial charge is 0.150 e. The Morgan fingerprint density at radius 3 is 2.77 bits per heavy atom. The number of aliphatic hydroxyl groups is 1. The zero-order valence-corrected chi connectivity index (χ0v) is 14.8. The Morgan fingerprint density at radius 1 is 1.15 bits per heavy atom. The molecule has 26 heavy (non-hydrogen) atoms. The summed E-state index contributed by atoms with van der Waals surface area (Å²) in [4.78, 5) is 19.7. The molecule has 1 aliphatic carbocycles. The van der Waals surface area contributed by atoms with Crippen LogP contribution < -0.4 is 10.6 Å². The Morgan fingerprint density at radius 2 is 2.00 bits per heavy atom. The van der Waals surface area contributed by atoms with Gasteiger partial charge in [0.2, 0.25) is 0 Å². The topological polar surface area (TPSA) is 98.6 Å². The highest BCUT2D eigenvalue weighted by Crippen LogP contribution is 2.34. The quantitative estimate of drug-likeness (QED) is 0.776. The summed E-state index contributed by atoms with van der Waals surface area (Å²) in [5, 5.41) is 16.5. The van der Waals surface area contributed by atoms with Crippen LogP contribution in [0.2, 0.25) is 0 Å². The van der Waals surface area contributed by atoms with Crippen molar-refractivity contribution in [1.29, 1.82) is 0 Å². The third kappa shape index (κ3) is 3.75. The van der Waals surface area contributed by atoms with Crippen molar-refractivity contribution in [1.82, 2.24) is 19.9 Å². The highest BCUT2D eigenvalue weighted by atomic mass is 16.3. The second-order valence-corrected chi connectivity index (χ2v) is 6.88. The van der Waals surface area contributed by atoms with E-state index < -0.39 is 0 Å². The third-order valence-electron chi connectivity index (χ3n) is 4.76. The number of hydrogen-bond donors (Lipinski definition) is 3. The number of pyridine rings is 1. The average molecular weight is 353 g/mol. The normalized spacial score (nSPS) is 22.0. The lowest BCUT2D eigenvalue weighted by Gasteiger charge is -2.29. The third-order valence-corrected chi connectivity index (χ3v) is 4.76. The number of nitrogens with zero attached hydrogens (tertiary/aromatic N) is 5. The van der Waals surface area contributed by atoms with Crippen LogP contribution in [-0.4, -0.2) is 50.5 Å². The van der Waals surface area contributed by atoms with Crippen LogP contribution in [0, 0.1) is 0 Å². The summed E-state index contributed by atoms with van der Waals surface area (Å²) in [6, 6.07) is 2.25. The highest BCUT2D eigenvalue weighted by Gasteiger charge is 2.23. The number of aromatic nitrogens is 3. The van der Waals surface area contributed by atoms with Gasteiger partial charge in [-0.15, -0.1) is 0 Å². The van der Waals surface area contributed by atoms with Gasteiger partial charge in [0.05, 0.1) is 24.3 Å². The largest absolute Gasteiger partial charge is 0.393 e. The molecule has 0 radical (unpaired) electrons. The highest BCUT2D eigenvalue weighted by molar-refractivity contribution is 5.74. The lowest BCUT2D eigenvalue weighted by molar-refractivity contribution is 0.126. The van der Waals surface area contributed by atoms with Crippen LogP contribution in [0.3, 0.4) is 0 Å². The first-order chi connectivity index (χ1) is 12.7. The van der Waals surface area contributed by atoms with Crippen molar-refractivity contribution in [3.05, 3.63) is 30.2 Å². The molecule has 136 valence electrons. The predicted octanol–water partition coefficient (Wildman–Crippen LogP) is 2.44. The van der Waals surface area contributed by atoms with Crippen molar-refractivity contribution in [2.24, 2.45) is 4.99 Å². The number of anilines is 3. The standard InChI is InChI=1S/C18H23N7O/c1-25-10-14-15(21-11-25)8-16(23-17-9-19-6-7-20-17)24-18(14)22-12-2-4-13(26)5-3-12/h6-9,11-13,26H,2-5,10H2,1H3,(H2,20,22,23,24). The van der Waals surface area contributed by atoms with Crippen molar-refractivity contribution in [2.75, 3.05) is 17.7 Å². The van der Waals surface area contributed by atoms with Gasteiger partial charge in [0.1, 0.15) is 17.5 Å². The summed E-state index contributed by atoms with van der Waals surface area (Å²) in [5.41, 5.74) is 1.99. The van der Waals surface area contributed by atoms with Crippen molar-refractivity contribution in [3.63, 3.8) is 0 Å². The lowest BCUT2D eigenvalue weighted by atomic mass is 9.93. The van der Waals surface area contributed by atoms with Gasteiger partial charge >= 0.3 is 0 Å². The van der Waals surface area contributed by atoms with E-state index in [4.69, 9.17) is 4.98 Å². The van der Waals surface area contributed by atoms with Gasteiger partial charge in [0, 0.05) is 43.7 Å². The number of aliphatic hydroxyl groups excluding tert-OH is 1. The monoisotopic (exact) mass is 353 g/mol. The summed E-state index contributed by atoms with van der Waals surface area (Å²) >= 11 is 0. The Kier molecular flexibility index (Phi) is 4.66. The van der Waals surface area contributed by atoms with Crippen LogP contribution in [-0.2, 0) is 6.54 Å².